The summed E-state index contributed by atoms with van der Waals surface area (Å²) in [6, 6.07) is 4.68. The van der Waals surface area contributed by atoms with Crippen LogP contribution >= 0.6 is 11.6 Å². The van der Waals surface area contributed by atoms with Gasteiger partial charge in [-0.2, -0.15) is 0 Å². The van der Waals surface area contributed by atoms with Crippen LogP contribution in [0.5, 0.6) is 0 Å². The first-order valence-corrected chi connectivity index (χ1v) is 6.25. The number of nitrogens with two attached hydrogens (primary N) is 2. The van der Waals surface area contributed by atoms with Crippen LogP contribution in [0.1, 0.15) is 18.4 Å². The Morgan fingerprint density at radius 3 is 2.74 bits per heavy atom. The van der Waals surface area contributed by atoms with Crippen molar-refractivity contribution >= 4 is 23.9 Å². The molecule has 1 aliphatic carbocycles. The van der Waals surface area contributed by atoms with Gasteiger partial charge in [0.25, 0.3) is 0 Å². The molecule has 0 aromatic heterocycles. The van der Waals surface area contributed by atoms with Crippen LogP contribution in [0, 0.1) is 5.82 Å². The molecule has 5 nitrogen and oxygen atoms in total. The lowest BCUT2D eigenvalue weighted by atomic mass is 9.88. The summed E-state index contributed by atoms with van der Waals surface area (Å²) in [5.74, 6) is -1.51. The minimum Gasteiger partial charge on any atom is -0.370 e. The molecule has 2 aliphatic rings. The van der Waals surface area contributed by atoms with E-state index in [1.165, 1.54) is 12.4 Å². The van der Waals surface area contributed by atoms with Crippen LogP contribution in [0.3, 0.4) is 0 Å². The van der Waals surface area contributed by atoms with Crippen molar-refractivity contribution in [1.82, 2.24) is 5.32 Å². The highest BCUT2D eigenvalue weighted by Crippen LogP contribution is 2.57. The van der Waals surface area contributed by atoms with E-state index in [1.807, 2.05) is 0 Å². The van der Waals surface area contributed by atoms with Gasteiger partial charge in [-0.15, -0.1) is 0 Å². The Kier molecular flexibility index (Phi) is 2.55. The number of nitrogens with one attached hydrogen (secondary N) is 1. The number of halogens is 2. The Bertz CT molecular complexity index is 596. The van der Waals surface area contributed by atoms with E-state index in [9.17, 15) is 4.39 Å². The standard InChI is InChI=1S/C12H13ClFN5/c13-9-7(2-1-3-8(9)14)11(4-5-11)12(16)18-6-17-10(15)19-12/h1-3,6H,4-5,16H2,(H3,15,17,18,19). The van der Waals surface area contributed by atoms with Gasteiger partial charge in [-0.25, -0.2) is 14.4 Å². The van der Waals surface area contributed by atoms with Crippen molar-refractivity contribution < 1.29 is 4.39 Å². The summed E-state index contributed by atoms with van der Waals surface area (Å²) in [6.45, 7) is 0. The van der Waals surface area contributed by atoms with E-state index < -0.39 is 17.0 Å². The van der Waals surface area contributed by atoms with Crippen molar-refractivity contribution in [2.75, 3.05) is 0 Å². The van der Waals surface area contributed by atoms with Gasteiger partial charge in [0.1, 0.15) is 5.82 Å². The minimum atomic E-state index is -1.24. The molecule has 1 aliphatic heterocycles. The molecular formula is C12H13ClFN5. The fourth-order valence-electron chi connectivity index (χ4n) is 2.51. The van der Waals surface area contributed by atoms with Gasteiger partial charge >= 0.3 is 0 Å². The fourth-order valence-corrected chi connectivity index (χ4v) is 2.81. The van der Waals surface area contributed by atoms with Gasteiger partial charge in [-0.1, -0.05) is 23.7 Å². The molecule has 0 amide bonds. The lowest BCUT2D eigenvalue weighted by molar-refractivity contribution is 0.350. The molecule has 1 fully saturated rings. The second-order valence-corrected chi connectivity index (χ2v) is 5.19. The van der Waals surface area contributed by atoms with Crippen molar-refractivity contribution in [2.45, 2.75) is 24.0 Å². The van der Waals surface area contributed by atoms with Gasteiger partial charge in [0.2, 0.25) is 5.79 Å². The van der Waals surface area contributed by atoms with Gasteiger partial charge in [-0.3, -0.25) is 5.73 Å². The molecule has 1 atom stereocenters. The van der Waals surface area contributed by atoms with Gasteiger partial charge in [0, 0.05) is 0 Å². The third-order valence-electron chi connectivity index (χ3n) is 3.69. The number of guanidine groups is 1. The third-order valence-corrected chi connectivity index (χ3v) is 4.07. The zero-order valence-electron chi connectivity index (χ0n) is 10.0. The lowest BCUT2D eigenvalue weighted by Crippen LogP contribution is -2.53. The van der Waals surface area contributed by atoms with Gasteiger partial charge < -0.3 is 11.1 Å². The summed E-state index contributed by atoms with van der Waals surface area (Å²) in [5.41, 5.74) is 11.9. The molecule has 1 unspecified atom stereocenters. The largest absolute Gasteiger partial charge is 0.370 e. The van der Waals surface area contributed by atoms with Crippen molar-refractivity contribution in [3.8, 4) is 0 Å². The maximum atomic E-state index is 13.6. The molecule has 1 aromatic rings. The normalized spacial score (nSPS) is 27.6. The molecule has 1 saturated carbocycles. The summed E-state index contributed by atoms with van der Waals surface area (Å²) in [5, 5.41) is 2.74. The molecule has 7 heteroatoms. The summed E-state index contributed by atoms with van der Waals surface area (Å²) in [7, 11) is 0. The maximum Gasteiger partial charge on any atom is 0.217 e. The average molecular weight is 282 g/mol. The number of benzene rings is 1. The van der Waals surface area contributed by atoms with Gasteiger partial charge in [-0.05, 0) is 24.5 Å². The molecule has 1 heterocycles. The van der Waals surface area contributed by atoms with Crippen LogP contribution in [0.15, 0.2) is 28.2 Å². The van der Waals surface area contributed by atoms with E-state index >= 15 is 0 Å². The summed E-state index contributed by atoms with van der Waals surface area (Å²) in [6.07, 6.45) is 2.89. The Morgan fingerprint density at radius 2 is 2.11 bits per heavy atom. The summed E-state index contributed by atoms with van der Waals surface area (Å²) >= 11 is 6.06. The molecule has 3 rings (SSSR count). The number of nitrogens with zero attached hydrogens (tertiary/aromatic N) is 2. The fraction of sp³-hybridized carbons (Fsp3) is 0.333. The van der Waals surface area contributed by atoms with Crippen LogP contribution in [0.25, 0.3) is 0 Å². The second kappa shape index (κ2) is 3.91. The van der Waals surface area contributed by atoms with Crippen molar-refractivity contribution in [3.05, 3.63) is 34.6 Å². The van der Waals surface area contributed by atoms with E-state index in [2.05, 4.69) is 15.3 Å². The first-order chi connectivity index (χ1) is 8.98. The van der Waals surface area contributed by atoms with E-state index in [0.29, 0.717) is 5.56 Å². The summed E-state index contributed by atoms with van der Waals surface area (Å²) in [4.78, 5) is 8.36. The van der Waals surface area contributed by atoms with E-state index in [-0.39, 0.29) is 11.0 Å². The number of rotatable bonds is 2. The lowest BCUT2D eigenvalue weighted by Gasteiger charge is -2.33. The highest BCUT2D eigenvalue weighted by atomic mass is 35.5. The number of hydrogen-bond donors (Lipinski definition) is 3. The molecule has 0 saturated heterocycles. The predicted molar refractivity (Wildman–Crippen MR) is 72.5 cm³/mol. The topological polar surface area (TPSA) is 88.8 Å². The van der Waals surface area contributed by atoms with E-state index in [1.54, 1.807) is 12.1 Å². The minimum absolute atomic E-state index is 0.0762. The quantitative estimate of drug-likeness (QED) is 0.757. The van der Waals surface area contributed by atoms with Gasteiger partial charge in [0.05, 0.1) is 16.8 Å². The highest BCUT2D eigenvalue weighted by molar-refractivity contribution is 6.31. The zero-order valence-corrected chi connectivity index (χ0v) is 10.8. The van der Waals surface area contributed by atoms with E-state index in [4.69, 9.17) is 23.1 Å². The van der Waals surface area contributed by atoms with Crippen molar-refractivity contribution in [2.24, 2.45) is 21.5 Å². The predicted octanol–water partition coefficient (Wildman–Crippen LogP) is 1.07. The van der Waals surface area contributed by atoms with Crippen LogP contribution in [0.2, 0.25) is 5.02 Å². The number of aliphatic imine (C=N–C) groups is 2. The molecule has 0 spiro atoms. The molecule has 5 N–H and O–H groups in total. The molecule has 0 bridgehead atoms. The second-order valence-electron chi connectivity index (χ2n) is 4.81. The van der Waals surface area contributed by atoms with Crippen molar-refractivity contribution in [1.29, 1.82) is 0 Å². The van der Waals surface area contributed by atoms with Crippen molar-refractivity contribution in [3.63, 3.8) is 0 Å². The van der Waals surface area contributed by atoms with Crippen LogP contribution in [-0.2, 0) is 5.41 Å². The first kappa shape index (κ1) is 12.4. The molecule has 100 valence electrons. The van der Waals surface area contributed by atoms with Crippen LogP contribution in [-0.4, -0.2) is 18.1 Å². The summed E-state index contributed by atoms with van der Waals surface area (Å²) < 4.78 is 13.6. The molecule has 19 heavy (non-hydrogen) atoms. The average Bonchev–Trinajstić information content (AvgIpc) is 3.14. The molecule has 0 radical (unpaired) electrons. The monoisotopic (exact) mass is 281 g/mol. The Labute approximate surface area is 114 Å². The third kappa shape index (κ3) is 1.71. The zero-order chi connectivity index (χ0) is 13.7. The Morgan fingerprint density at radius 1 is 1.37 bits per heavy atom. The molecule has 1 aromatic carbocycles. The highest BCUT2D eigenvalue weighted by Gasteiger charge is 2.61. The SMILES string of the molecule is NC1=NC(N)(C2(c3cccc(F)c3Cl)CC2)N=CN1. The number of hydrogen-bond acceptors (Lipinski definition) is 5. The smallest absolute Gasteiger partial charge is 0.217 e. The maximum absolute atomic E-state index is 13.6. The first-order valence-electron chi connectivity index (χ1n) is 5.87. The Balaban J connectivity index is 2.11. The van der Waals surface area contributed by atoms with Crippen LogP contribution in [0.4, 0.5) is 4.39 Å². The Hall–Kier alpha value is -1.66. The molecular weight excluding hydrogens is 269 g/mol. The van der Waals surface area contributed by atoms with E-state index in [0.717, 1.165) is 12.8 Å². The van der Waals surface area contributed by atoms with Crippen LogP contribution < -0.4 is 16.8 Å². The van der Waals surface area contributed by atoms with Gasteiger partial charge in [0.15, 0.2) is 5.96 Å².